The van der Waals surface area contributed by atoms with Crippen LogP contribution >= 0.6 is 0 Å². The summed E-state index contributed by atoms with van der Waals surface area (Å²) in [7, 11) is 5.54. The molecule has 0 rings (SSSR count). The van der Waals surface area contributed by atoms with Crippen molar-refractivity contribution in [3.05, 3.63) is 48.6 Å². The van der Waals surface area contributed by atoms with Gasteiger partial charge >= 0.3 is 17.9 Å². The van der Waals surface area contributed by atoms with Crippen LogP contribution in [0.25, 0.3) is 0 Å². The summed E-state index contributed by atoms with van der Waals surface area (Å²) in [4.78, 5) is 37.3. The van der Waals surface area contributed by atoms with E-state index in [9.17, 15) is 19.5 Å². The summed E-state index contributed by atoms with van der Waals surface area (Å²) < 4.78 is 17.4. The van der Waals surface area contributed by atoms with Crippen molar-refractivity contribution in [1.29, 1.82) is 0 Å². The van der Waals surface area contributed by atoms with Crippen molar-refractivity contribution in [3.8, 4) is 0 Å². The Labute approximate surface area is 414 Å². The molecule has 0 saturated carbocycles. The fourth-order valence-electron chi connectivity index (χ4n) is 8.40. The summed E-state index contributed by atoms with van der Waals surface area (Å²) in [5.41, 5.74) is 0. The molecule has 67 heavy (non-hydrogen) atoms. The van der Waals surface area contributed by atoms with Gasteiger partial charge in [0.05, 0.1) is 34.4 Å². The molecular weight excluding hydrogens is 835 g/mol. The van der Waals surface area contributed by atoms with Crippen LogP contribution in [0.15, 0.2) is 48.6 Å². The number of hydrogen-bond donors (Lipinski definition) is 1. The lowest BCUT2D eigenvalue weighted by Crippen LogP contribution is -2.50. The molecule has 0 aliphatic rings. The first kappa shape index (κ1) is 64.3. The first-order valence-electron chi connectivity index (χ1n) is 28.2. The largest absolute Gasteiger partial charge is 0.477 e. The average molecular weight is 944 g/mol. The van der Waals surface area contributed by atoms with E-state index in [4.69, 9.17) is 14.2 Å². The predicted molar refractivity (Wildman–Crippen MR) is 284 cm³/mol. The molecule has 0 fully saturated rings. The number of allylic oxidation sites excluding steroid dienone is 8. The fourth-order valence-corrected chi connectivity index (χ4v) is 8.40. The maximum atomic E-state index is 12.8. The number of carbonyl (C=O) groups is 3. The Morgan fingerprint density at radius 1 is 0.463 bits per heavy atom. The van der Waals surface area contributed by atoms with E-state index in [-0.39, 0.29) is 36.2 Å². The van der Waals surface area contributed by atoms with Crippen LogP contribution in [-0.2, 0) is 28.6 Å². The maximum absolute atomic E-state index is 12.8. The molecule has 8 heteroatoms. The number of carboxylic acid groups (broad SMARTS) is 1. The van der Waals surface area contributed by atoms with E-state index in [1.807, 2.05) is 21.1 Å². The molecule has 0 bridgehead atoms. The summed E-state index contributed by atoms with van der Waals surface area (Å²) in [6.45, 7) is 4.66. The summed E-state index contributed by atoms with van der Waals surface area (Å²) in [5.74, 6) is -1.46. The first-order valence-corrected chi connectivity index (χ1v) is 28.2. The lowest BCUT2D eigenvalue weighted by molar-refractivity contribution is -0.887. The third-order valence-corrected chi connectivity index (χ3v) is 12.7. The quantitative estimate of drug-likeness (QED) is 0.0281. The Kier molecular flexibility index (Phi) is 47.7. The number of esters is 2. The van der Waals surface area contributed by atoms with Gasteiger partial charge in [-0.3, -0.25) is 9.59 Å². The molecule has 390 valence electrons. The van der Waals surface area contributed by atoms with Crippen LogP contribution in [-0.4, -0.2) is 80.6 Å². The molecule has 1 N–H and O–H groups in total. The van der Waals surface area contributed by atoms with Crippen molar-refractivity contribution in [2.45, 2.75) is 270 Å². The molecule has 0 amide bonds. The van der Waals surface area contributed by atoms with Crippen molar-refractivity contribution < 1.29 is 38.2 Å². The van der Waals surface area contributed by atoms with Gasteiger partial charge in [0.25, 0.3) is 0 Å². The highest BCUT2D eigenvalue weighted by atomic mass is 16.6. The minimum absolute atomic E-state index is 0.0519. The van der Waals surface area contributed by atoms with E-state index in [0.717, 1.165) is 57.8 Å². The molecule has 0 heterocycles. The number of nitrogens with zero attached hydrogens (tertiary/aromatic N) is 1. The normalized spacial score (nSPS) is 13.1. The van der Waals surface area contributed by atoms with Gasteiger partial charge in [-0.15, -0.1) is 0 Å². The molecule has 0 aliphatic heterocycles. The van der Waals surface area contributed by atoms with Crippen LogP contribution in [0.4, 0.5) is 0 Å². The van der Waals surface area contributed by atoms with Gasteiger partial charge in [0.1, 0.15) is 6.61 Å². The number of carboxylic acids is 1. The Morgan fingerprint density at radius 3 is 1.25 bits per heavy atom. The van der Waals surface area contributed by atoms with Gasteiger partial charge in [-0.1, -0.05) is 217 Å². The molecular formula is C59H108NO7+. The van der Waals surface area contributed by atoms with Crippen LogP contribution in [0, 0.1) is 0 Å². The average Bonchev–Trinajstić information content (AvgIpc) is 3.29. The predicted octanol–water partition coefficient (Wildman–Crippen LogP) is 16.7. The number of aliphatic carboxylic acids is 1. The van der Waals surface area contributed by atoms with Crippen molar-refractivity contribution >= 4 is 17.9 Å². The highest BCUT2D eigenvalue weighted by Gasteiger charge is 2.31. The number of hydrogen-bond acceptors (Lipinski definition) is 6. The first-order chi connectivity index (χ1) is 32.6. The Hall–Kier alpha value is -2.71. The SMILES string of the molecule is CC/C=C/C/C=C/C/C=C/CCCCCCCCCCCCCCCC(=O)OC(COCCC(C(=O)O)[N+](C)(C)C)COC(=O)CCCCCCCCC/C=C/CCCCCCCCCCC. The lowest BCUT2D eigenvalue weighted by atomic mass is 10.0. The molecule has 0 spiro atoms. The van der Waals surface area contributed by atoms with Crippen molar-refractivity contribution in [2.75, 3.05) is 41.0 Å². The maximum Gasteiger partial charge on any atom is 0.362 e. The molecule has 0 aromatic carbocycles. The minimum atomic E-state index is -0.873. The lowest BCUT2D eigenvalue weighted by Gasteiger charge is -2.31. The molecule has 8 nitrogen and oxygen atoms in total. The van der Waals surface area contributed by atoms with Gasteiger partial charge < -0.3 is 23.8 Å². The molecule has 2 unspecified atom stereocenters. The number of quaternary nitrogens is 1. The second kappa shape index (κ2) is 49.7. The number of ether oxygens (including phenoxy) is 3. The molecule has 0 aromatic heterocycles. The second-order valence-corrected chi connectivity index (χ2v) is 20.2. The van der Waals surface area contributed by atoms with Crippen LogP contribution in [0.3, 0.4) is 0 Å². The zero-order chi connectivity index (χ0) is 49.2. The van der Waals surface area contributed by atoms with E-state index in [2.05, 4.69) is 62.5 Å². The second-order valence-electron chi connectivity index (χ2n) is 20.2. The highest BCUT2D eigenvalue weighted by Crippen LogP contribution is 2.16. The minimum Gasteiger partial charge on any atom is -0.477 e. The zero-order valence-electron chi connectivity index (χ0n) is 44.6. The van der Waals surface area contributed by atoms with Crippen LogP contribution in [0.5, 0.6) is 0 Å². The number of likely N-dealkylation sites (N-methyl/N-ethyl adjacent to an activating group) is 1. The summed E-state index contributed by atoms with van der Waals surface area (Å²) >= 11 is 0. The van der Waals surface area contributed by atoms with E-state index < -0.39 is 18.1 Å². The number of rotatable bonds is 51. The van der Waals surface area contributed by atoms with Crippen LogP contribution in [0.2, 0.25) is 0 Å². The van der Waals surface area contributed by atoms with Gasteiger partial charge in [-0.2, -0.15) is 0 Å². The third-order valence-electron chi connectivity index (χ3n) is 12.7. The van der Waals surface area contributed by atoms with E-state index in [0.29, 0.717) is 19.3 Å². The van der Waals surface area contributed by atoms with Gasteiger partial charge in [0, 0.05) is 19.3 Å². The Morgan fingerprint density at radius 2 is 0.836 bits per heavy atom. The summed E-state index contributed by atoms with van der Waals surface area (Å²) in [5, 5.41) is 9.67. The molecule has 0 aromatic rings. The van der Waals surface area contributed by atoms with Crippen molar-refractivity contribution in [2.24, 2.45) is 0 Å². The number of unbranched alkanes of at least 4 members (excludes halogenated alkanes) is 29. The van der Waals surface area contributed by atoms with E-state index in [1.165, 1.54) is 167 Å². The number of carbonyl (C=O) groups excluding carboxylic acids is 2. The van der Waals surface area contributed by atoms with Crippen molar-refractivity contribution in [3.63, 3.8) is 0 Å². The summed E-state index contributed by atoms with van der Waals surface area (Å²) in [6.07, 6.45) is 61.7. The smallest absolute Gasteiger partial charge is 0.362 e. The molecule has 2 atom stereocenters. The molecule has 0 aliphatic carbocycles. The molecule has 0 radical (unpaired) electrons. The summed E-state index contributed by atoms with van der Waals surface area (Å²) in [6, 6.07) is -0.616. The van der Waals surface area contributed by atoms with Gasteiger partial charge in [0.2, 0.25) is 0 Å². The van der Waals surface area contributed by atoms with Gasteiger partial charge in [-0.05, 0) is 70.6 Å². The highest BCUT2D eigenvalue weighted by molar-refractivity contribution is 5.72. The molecule has 0 saturated heterocycles. The van der Waals surface area contributed by atoms with Gasteiger partial charge in [0.15, 0.2) is 12.1 Å². The zero-order valence-corrected chi connectivity index (χ0v) is 44.6. The topological polar surface area (TPSA) is 99.1 Å². The Balaban J connectivity index is 4.17. The fraction of sp³-hybridized carbons (Fsp3) is 0.814. The monoisotopic (exact) mass is 943 g/mol. The van der Waals surface area contributed by atoms with Crippen LogP contribution in [0.1, 0.15) is 258 Å². The van der Waals surface area contributed by atoms with Gasteiger partial charge in [-0.25, -0.2) is 4.79 Å². The van der Waals surface area contributed by atoms with Crippen molar-refractivity contribution in [1.82, 2.24) is 0 Å². The standard InChI is InChI=1S/C59H107NO7/c1-6-8-10-12-14-16-18-20-22-24-26-28-29-30-32-34-36-38-40-42-44-46-48-50-58(62)67-55(53-65-52-51-56(59(63)64)60(3,4)5)54-66-57(61)49-47-45-43-41-39-37-35-33-31-27-25-23-21-19-17-15-13-11-9-7-2/h8,10,14,16,20,22,27,31,55-56H,6-7,9,11-13,15,17-19,21,23-26,28-30,32-54H2,1-5H3/p+1/b10-8+,16-14+,22-20+,31-27+. The third kappa shape index (κ3) is 48.1. The van der Waals surface area contributed by atoms with E-state index in [1.54, 1.807) is 0 Å². The van der Waals surface area contributed by atoms with Crippen LogP contribution < -0.4 is 0 Å². The van der Waals surface area contributed by atoms with E-state index >= 15 is 0 Å². The Bertz CT molecular complexity index is 1230.